The Bertz CT molecular complexity index is 741. The van der Waals surface area contributed by atoms with Crippen LogP contribution < -0.4 is 10.2 Å². The maximum Gasteiger partial charge on any atom is 0.267 e. The molecule has 0 atom stereocenters. The number of H-pyrrole nitrogens is 1. The Balaban J connectivity index is 2.03. The second-order valence-corrected chi connectivity index (χ2v) is 6.58. The van der Waals surface area contributed by atoms with Crippen LogP contribution in [0.4, 0.5) is 0 Å². The Labute approximate surface area is 150 Å². The predicted molar refractivity (Wildman–Crippen MR) is 95.3 cm³/mol. The van der Waals surface area contributed by atoms with Crippen LogP contribution in [-0.2, 0) is 0 Å². The van der Waals surface area contributed by atoms with Crippen LogP contribution in [0.15, 0.2) is 30.5 Å². The van der Waals surface area contributed by atoms with E-state index in [0.29, 0.717) is 28.4 Å². The summed E-state index contributed by atoms with van der Waals surface area (Å²) in [6, 6.07) is 6.40. The van der Waals surface area contributed by atoms with Crippen LogP contribution in [0.2, 0.25) is 10.0 Å². The highest BCUT2D eigenvalue weighted by Gasteiger charge is 2.17. The van der Waals surface area contributed by atoms with Gasteiger partial charge in [-0.05, 0) is 18.2 Å². The molecule has 7 heteroatoms. The zero-order chi connectivity index (χ0) is 17.7. The van der Waals surface area contributed by atoms with E-state index in [9.17, 15) is 9.59 Å². The molecule has 24 heavy (non-hydrogen) atoms. The van der Waals surface area contributed by atoms with E-state index in [-0.39, 0.29) is 16.7 Å². The van der Waals surface area contributed by atoms with Crippen LogP contribution in [0.3, 0.4) is 0 Å². The van der Waals surface area contributed by atoms with E-state index >= 15 is 0 Å². The Morgan fingerprint density at radius 1 is 1.25 bits per heavy atom. The van der Waals surface area contributed by atoms with E-state index in [4.69, 9.17) is 23.2 Å². The van der Waals surface area contributed by atoms with Gasteiger partial charge in [0.1, 0.15) is 5.69 Å². The fraction of sp³-hybridized carbons (Fsp3) is 0.294. The highest BCUT2D eigenvalue weighted by Crippen LogP contribution is 2.27. The molecule has 0 aliphatic carbocycles. The number of hydrogen-bond donors (Lipinski definition) is 3. The minimum absolute atomic E-state index is 0.211. The van der Waals surface area contributed by atoms with Crippen molar-refractivity contribution in [2.75, 3.05) is 27.2 Å². The minimum atomic E-state index is -0.283. The van der Waals surface area contributed by atoms with Gasteiger partial charge in [-0.15, -0.1) is 0 Å². The number of carbonyl (C=O) groups is 2. The molecule has 0 saturated carbocycles. The normalized spacial score (nSPS) is 10.9. The minimum Gasteiger partial charge on any atom is -0.356 e. The van der Waals surface area contributed by atoms with E-state index in [2.05, 4.69) is 24.4 Å². The molecule has 0 radical (unpaired) electrons. The third-order valence-corrected chi connectivity index (χ3v) is 4.34. The number of rotatable bonds is 7. The number of aromatic amines is 1. The maximum absolute atomic E-state index is 12.5. The summed E-state index contributed by atoms with van der Waals surface area (Å²) in [7, 11) is 4.12. The number of halogens is 2. The topological polar surface area (TPSA) is 66.4 Å². The van der Waals surface area contributed by atoms with Gasteiger partial charge in [0.25, 0.3) is 5.91 Å². The molecule has 0 aliphatic rings. The lowest BCUT2D eigenvalue weighted by Crippen LogP contribution is -3.05. The molecule has 1 aromatic carbocycles. The first-order valence-electron chi connectivity index (χ1n) is 7.64. The number of ketones is 1. The molecule has 0 saturated heterocycles. The lowest BCUT2D eigenvalue weighted by molar-refractivity contribution is -0.858. The fourth-order valence-corrected chi connectivity index (χ4v) is 2.62. The average molecular weight is 369 g/mol. The van der Waals surface area contributed by atoms with Crippen molar-refractivity contribution in [2.45, 2.75) is 6.42 Å². The number of benzene rings is 1. The summed E-state index contributed by atoms with van der Waals surface area (Å²) in [4.78, 5) is 28.7. The predicted octanol–water partition coefficient (Wildman–Crippen LogP) is 1.82. The van der Waals surface area contributed by atoms with E-state index in [1.165, 1.54) is 17.2 Å². The van der Waals surface area contributed by atoms with Crippen molar-refractivity contribution in [3.8, 4) is 0 Å². The van der Waals surface area contributed by atoms with Crippen LogP contribution in [0.5, 0.6) is 0 Å². The molecule has 2 rings (SSSR count). The number of amides is 1. The molecule has 1 amide bonds. The van der Waals surface area contributed by atoms with Gasteiger partial charge in [0, 0.05) is 30.3 Å². The largest absolute Gasteiger partial charge is 0.356 e. The van der Waals surface area contributed by atoms with Crippen LogP contribution >= 0.6 is 23.2 Å². The van der Waals surface area contributed by atoms with Gasteiger partial charge in [-0.2, -0.15) is 0 Å². The zero-order valence-electron chi connectivity index (χ0n) is 13.6. The van der Waals surface area contributed by atoms with Crippen molar-refractivity contribution in [3.63, 3.8) is 0 Å². The Morgan fingerprint density at radius 2 is 2.00 bits per heavy atom. The number of hydrogen-bond acceptors (Lipinski definition) is 2. The quantitative estimate of drug-likeness (QED) is 0.515. The highest BCUT2D eigenvalue weighted by molar-refractivity contribution is 6.44. The Hall–Kier alpha value is -1.82. The van der Waals surface area contributed by atoms with Crippen LogP contribution in [-0.4, -0.2) is 43.9 Å². The molecular weight excluding hydrogens is 349 g/mol. The van der Waals surface area contributed by atoms with E-state index < -0.39 is 0 Å². The first-order chi connectivity index (χ1) is 11.4. The van der Waals surface area contributed by atoms with Crippen molar-refractivity contribution in [1.29, 1.82) is 0 Å². The van der Waals surface area contributed by atoms with Gasteiger partial charge in [0.2, 0.25) is 0 Å². The Kier molecular flexibility index (Phi) is 6.43. The lowest BCUT2D eigenvalue weighted by Gasteiger charge is -2.07. The third kappa shape index (κ3) is 4.60. The number of carbonyl (C=O) groups excluding carboxylic acids is 2. The molecule has 5 nitrogen and oxygen atoms in total. The summed E-state index contributed by atoms with van der Waals surface area (Å²) in [5.41, 5.74) is 1.01. The molecule has 1 heterocycles. The summed E-state index contributed by atoms with van der Waals surface area (Å²) in [6.45, 7) is 1.56. The zero-order valence-corrected chi connectivity index (χ0v) is 15.1. The van der Waals surface area contributed by atoms with Crippen molar-refractivity contribution < 1.29 is 14.5 Å². The molecule has 1 aromatic heterocycles. The highest BCUT2D eigenvalue weighted by atomic mass is 35.5. The molecule has 2 aromatic rings. The summed E-state index contributed by atoms with van der Waals surface area (Å²) < 4.78 is 0. The van der Waals surface area contributed by atoms with E-state index in [1.54, 1.807) is 18.2 Å². The van der Waals surface area contributed by atoms with Gasteiger partial charge in [0.15, 0.2) is 5.78 Å². The molecule has 128 valence electrons. The van der Waals surface area contributed by atoms with E-state index in [0.717, 1.165) is 13.0 Å². The fourth-order valence-electron chi connectivity index (χ4n) is 2.23. The molecule has 0 spiro atoms. The van der Waals surface area contributed by atoms with Gasteiger partial charge in [-0.25, -0.2) is 0 Å². The third-order valence-electron chi connectivity index (χ3n) is 3.53. The monoisotopic (exact) mass is 368 g/mol. The summed E-state index contributed by atoms with van der Waals surface area (Å²) in [5.74, 6) is -0.519. The molecule has 3 N–H and O–H groups in total. The summed E-state index contributed by atoms with van der Waals surface area (Å²) in [6.07, 6.45) is 2.39. The lowest BCUT2D eigenvalue weighted by atomic mass is 10.1. The molecular formula is C17H20Cl2N3O2+. The SMILES string of the molecule is C[NH+](C)CCCNC(=O)c1cc(C(=O)c2cccc(Cl)c2Cl)c[nH]1. The first kappa shape index (κ1) is 18.5. The van der Waals surface area contributed by atoms with Gasteiger partial charge in [-0.1, -0.05) is 29.3 Å². The average Bonchev–Trinajstić information content (AvgIpc) is 3.03. The van der Waals surface area contributed by atoms with Crippen LogP contribution in [0.1, 0.15) is 32.8 Å². The van der Waals surface area contributed by atoms with Crippen molar-refractivity contribution in [2.24, 2.45) is 0 Å². The molecule has 0 fully saturated rings. The second kappa shape index (κ2) is 8.33. The van der Waals surface area contributed by atoms with Gasteiger partial charge >= 0.3 is 0 Å². The molecule has 0 aliphatic heterocycles. The number of aromatic nitrogens is 1. The van der Waals surface area contributed by atoms with E-state index in [1.807, 2.05) is 0 Å². The van der Waals surface area contributed by atoms with Gasteiger partial charge in [-0.3, -0.25) is 9.59 Å². The molecule has 0 unspecified atom stereocenters. The summed E-state index contributed by atoms with van der Waals surface area (Å²) in [5, 5.41) is 3.35. The molecule has 0 bridgehead atoms. The van der Waals surface area contributed by atoms with Crippen LogP contribution in [0.25, 0.3) is 0 Å². The van der Waals surface area contributed by atoms with Crippen molar-refractivity contribution >= 4 is 34.9 Å². The van der Waals surface area contributed by atoms with Crippen molar-refractivity contribution in [3.05, 3.63) is 57.3 Å². The van der Waals surface area contributed by atoms with Crippen LogP contribution in [0, 0.1) is 0 Å². The van der Waals surface area contributed by atoms with Crippen molar-refractivity contribution in [1.82, 2.24) is 10.3 Å². The standard InChI is InChI=1S/C17H19Cl2N3O2/c1-22(2)8-4-7-20-17(24)14-9-11(10-21-14)16(23)12-5-3-6-13(18)15(12)19/h3,5-6,9-10,21H,4,7-8H2,1-2H3,(H,20,24)/p+1. The van der Waals surface area contributed by atoms with Gasteiger partial charge in [0.05, 0.1) is 30.7 Å². The number of nitrogens with one attached hydrogen (secondary N) is 3. The Morgan fingerprint density at radius 3 is 2.71 bits per heavy atom. The maximum atomic E-state index is 12.5. The second-order valence-electron chi connectivity index (χ2n) is 5.80. The summed E-state index contributed by atoms with van der Waals surface area (Å²) >= 11 is 12.0. The number of quaternary nitrogens is 1. The first-order valence-corrected chi connectivity index (χ1v) is 8.40. The van der Waals surface area contributed by atoms with Gasteiger partial charge < -0.3 is 15.2 Å². The smallest absolute Gasteiger partial charge is 0.267 e.